The van der Waals surface area contributed by atoms with Gasteiger partial charge in [0.05, 0.1) is 16.6 Å². The van der Waals surface area contributed by atoms with E-state index in [2.05, 4.69) is 6.07 Å². The minimum Gasteiger partial charge on any atom is -0.457 e. The number of ether oxygens (including phenoxy) is 1. The highest BCUT2D eigenvalue weighted by molar-refractivity contribution is 7.84. The lowest BCUT2D eigenvalue weighted by Crippen LogP contribution is -2.05. The molecule has 0 radical (unpaired) electrons. The van der Waals surface area contributed by atoms with Crippen LogP contribution >= 0.6 is 0 Å². The van der Waals surface area contributed by atoms with Crippen molar-refractivity contribution in [1.29, 1.82) is 5.26 Å². The molecule has 0 aliphatic heterocycles. The van der Waals surface area contributed by atoms with Crippen molar-refractivity contribution in [2.24, 2.45) is 0 Å². The molecule has 0 bridgehead atoms. The van der Waals surface area contributed by atoms with E-state index in [0.717, 1.165) is 5.52 Å². The maximum atomic E-state index is 12.1. The third-order valence-corrected chi connectivity index (χ3v) is 4.59. The summed E-state index contributed by atoms with van der Waals surface area (Å²) in [5, 5.41) is 9.34. The lowest BCUT2D eigenvalue weighted by Gasteiger charge is -2.04. The van der Waals surface area contributed by atoms with Gasteiger partial charge in [-0.15, -0.1) is 0 Å². The first-order chi connectivity index (χ1) is 11.6. The molecule has 0 N–H and O–H groups in total. The van der Waals surface area contributed by atoms with Crippen LogP contribution in [0.15, 0.2) is 59.8 Å². The van der Waals surface area contributed by atoms with Gasteiger partial charge >= 0.3 is 5.97 Å². The zero-order chi connectivity index (χ0) is 17.1. The molecule has 0 saturated carbocycles. The fourth-order valence-electron chi connectivity index (χ4n) is 2.43. The molecule has 0 amide bonds. The standard InChI is InChI=1S/C18H14N2O3S/c1-24(22)15-7-5-13(6-8-15)18(21)23-12-14-11-20-9-3-2-4-17(20)16(14)10-19/h2-9,11H,12H2,1H3/t24-/m1/s1. The van der Waals surface area contributed by atoms with Crippen molar-refractivity contribution >= 4 is 22.3 Å². The summed E-state index contributed by atoms with van der Waals surface area (Å²) in [7, 11) is -1.09. The molecule has 6 heteroatoms. The van der Waals surface area contributed by atoms with Crippen molar-refractivity contribution in [3.63, 3.8) is 0 Å². The Morgan fingerprint density at radius 1 is 1.25 bits per heavy atom. The minimum atomic E-state index is -1.09. The molecule has 0 aliphatic rings. The molecule has 1 atom stereocenters. The number of pyridine rings is 1. The first kappa shape index (κ1) is 16.0. The summed E-state index contributed by atoms with van der Waals surface area (Å²) >= 11 is 0. The lowest BCUT2D eigenvalue weighted by atomic mass is 10.2. The number of carbonyl (C=O) groups is 1. The highest BCUT2D eigenvalue weighted by Gasteiger charge is 2.13. The summed E-state index contributed by atoms with van der Waals surface area (Å²) < 4.78 is 18.5. The number of fused-ring (bicyclic) bond motifs is 1. The van der Waals surface area contributed by atoms with Crippen LogP contribution in [0.4, 0.5) is 0 Å². The van der Waals surface area contributed by atoms with Crippen molar-refractivity contribution in [3.8, 4) is 6.07 Å². The van der Waals surface area contributed by atoms with Crippen LogP contribution in [0.3, 0.4) is 0 Å². The Morgan fingerprint density at radius 2 is 2.00 bits per heavy atom. The highest BCUT2D eigenvalue weighted by atomic mass is 32.2. The summed E-state index contributed by atoms with van der Waals surface area (Å²) in [6.45, 7) is 0.0187. The normalized spacial score (nSPS) is 11.8. The van der Waals surface area contributed by atoms with E-state index >= 15 is 0 Å². The van der Waals surface area contributed by atoms with E-state index in [1.165, 1.54) is 0 Å². The van der Waals surface area contributed by atoms with Crippen LogP contribution in [-0.2, 0) is 22.1 Å². The SMILES string of the molecule is C[S@@](=O)c1ccc(C(=O)OCc2cn3ccccc3c2C#N)cc1. The highest BCUT2D eigenvalue weighted by Crippen LogP contribution is 2.19. The van der Waals surface area contributed by atoms with Gasteiger partial charge in [0.15, 0.2) is 0 Å². The Morgan fingerprint density at radius 3 is 2.67 bits per heavy atom. The van der Waals surface area contributed by atoms with Crippen LogP contribution in [0, 0.1) is 11.3 Å². The topological polar surface area (TPSA) is 71.6 Å². The quantitative estimate of drug-likeness (QED) is 0.686. The van der Waals surface area contributed by atoms with Crippen LogP contribution in [0.1, 0.15) is 21.5 Å². The number of esters is 1. The molecular weight excluding hydrogens is 324 g/mol. The monoisotopic (exact) mass is 338 g/mol. The molecule has 24 heavy (non-hydrogen) atoms. The summed E-state index contributed by atoms with van der Waals surface area (Å²) in [6.07, 6.45) is 5.20. The molecular formula is C18H14N2O3S. The van der Waals surface area contributed by atoms with Gasteiger partial charge in [-0.1, -0.05) is 6.07 Å². The van der Waals surface area contributed by atoms with Gasteiger partial charge in [-0.3, -0.25) is 4.21 Å². The summed E-state index contributed by atoms with van der Waals surface area (Å²) in [5.74, 6) is -0.484. The van der Waals surface area contributed by atoms with Gasteiger partial charge in [0.1, 0.15) is 12.7 Å². The number of nitriles is 1. The molecule has 120 valence electrons. The Hall–Kier alpha value is -2.91. The molecule has 0 fully saturated rings. The van der Waals surface area contributed by atoms with E-state index < -0.39 is 16.8 Å². The fraction of sp³-hybridized carbons (Fsp3) is 0.111. The third kappa shape index (κ3) is 3.07. The van der Waals surface area contributed by atoms with Crippen LogP contribution in [0.25, 0.3) is 5.52 Å². The summed E-state index contributed by atoms with van der Waals surface area (Å²) in [5.41, 5.74) is 2.32. The van der Waals surface area contributed by atoms with Gasteiger partial charge in [0.25, 0.3) is 0 Å². The molecule has 1 aromatic carbocycles. The van der Waals surface area contributed by atoms with E-state index in [-0.39, 0.29) is 6.61 Å². The second-order valence-corrected chi connectivity index (χ2v) is 6.57. The van der Waals surface area contributed by atoms with Gasteiger partial charge in [0.2, 0.25) is 0 Å². The number of aromatic nitrogens is 1. The van der Waals surface area contributed by atoms with E-state index in [4.69, 9.17) is 4.74 Å². The smallest absolute Gasteiger partial charge is 0.338 e. The molecule has 0 saturated heterocycles. The number of hydrogen-bond acceptors (Lipinski definition) is 4. The van der Waals surface area contributed by atoms with Crippen molar-refractivity contribution < 1.29 is 13.7 Å². The minimum absolute atomic E-state index is 0.0187. The average Bonchev–Trinajstić information content (AvgIpc) is 2.97. The molecule has 3 aromatic rings. The summed E-state index contributed by atoms with van der Waals surface area (Å²) in [6, 6.07) is 14.2. The van der Waals surface area contributed by atoms with E-state index in [1.54, 1.807) is 36.7 Å². The maximum Gasteiger partial charge on any atom is 0.338 e. The fourth-order valence-corrected chi connectivity index (χ4v) is 2.94. The largest absolute Gasteiger partial charge is 0.457 e. The van der Waals surface area contributed by atoms with Gasteiger partial charge in [-0.05, 0) is 36.4 Å². The molecule has 2 heterocycles. The molecule has 3 rings (SSSR count). The van der Waals surface area contributed by atoms with Gasteiger partial charge in [-0.2, -0.15) is 5.26 Å². The van der Waals surface area contributed by atoms with Crippen LogP contribution < -0.4 is 0 Å². The maximum absolute atomic E-state index is 12.1. The van der Waals surface area contributed by atoms with Gasteiger partial charge < -0.3 is 9.14 Å². The zero-order valence-corrected chi connectivity index (χ0v) is 13.7. The first-order valence-electron chi connectivity index (χ1n) is 7.19. The van der Waals surface area contributed by atoms with Crippen molar-refractivity contribution in [1.82, 2.24) is 4.40 Å². The summed E-state index contributed by atoms with van der Waals surface area (Å²) in [4.78, 5) is 12.8. The second-order valence-electron chi connectivity index (χ2n) is 5.19. The predicted molar refractivity (Wildman–Crippen MR) is 90.0 cm³/mol. The molecule has 0 unspecified atom stereocenters. The Bertz CT molecular complexity index is 968. The Balaban J connectivity index is 1.77. The lowest BCUT2D eigenvalue weighted by molar-refractivity contribution is 0.0472. The molecule has 0 aliphatic carbocycles. The van der Waals surface area contributed by atoms with Gasteiger partial charge in [-0.25, -0.2) is 4.79 Å². The number of rotatable bonds is 4. The Kier molecular flexibility index (Phi) is 4.45. The van der Waals surface area contributed by atoms with E-state index in [9.17, 15) is 14.3 Å². The van der Waals surface area contributed by atoms with Crippen LogP contribution in [0.2, 0.25) is 0 Å². The van der Waals surface area contributed by atoms with E-state index in [0.29, 0.717) is 21.6 Å². The van der Waals surface area contributed by atoms with Crippen molar-refractivity contribution in [2.45, 2.75) is 11.5 Å². The second kappa shape index (κ2) is 6.69. The first-order valence-corrected chi connectivity index (χ1v) is 8.75. The molecule has 5 nitrogen and oxygen atoms in total. The average molecular weight is 338 g/mol. The zero-order valence-electron chi connectivity index (χ0n) is 12.9. The van der Waals surface area contributed by atoms with Crippen LogP contribution in [0.5, 0.6) is 0 Å². The Labute approximate surface area is 141 Å². The number of carbonyl (C=O) groups excluding carboxylic acids is 1. The predicted octanol–water partition coefficient (Wildman–Crippen LogP) is 2.91. The number of nitrogens with zero attached hydrogens (tertiary/aromatic N) is 2. The number of benzene rings is 1. The van der Waals surface area contributed by atoms with Crippen LogP contribution in [-0.4, -0.2) is 20.8 Å². The number of hydrogen-bond donors (Lipinski definition) is 0. The van der Waals surface area contributed by atoms with E-state index in [1.807, 2.05) is 28.8 Å². The molecule has 2 aromatic heterocycles. The van der Waals surface area contributed by atoms with Crippen molar-refractivity contribution in [3.05, 3.63) is 71.5 Å². The third-order valence-electron chi connectivity index (χ3n) is 3.65. The molecule has 0 spiro atoms. The van der Waals surface area contributed by atoms with Crippen molar-refractivity contribution in [2.75, 3.05) is 6.26 Å². The van der Waals surface area contributed by atoms with Gasteiger partial charge in [0, 0.05) is 39.9 Å².